The summed E-state index contributed by atoms with van der Waals surface area (Å²) in [6.07, 6.45) is 2.49. The highest BCUT2D eigenvalue weighted by Gasteiger charge is 2.24. The zero-order chi connectivity index (χ0) is 26.1. The van der Waals surface area contributed by atoms with Crippen LogP contribution in [0.4, 0.5) is 26.5 Å². The molecule has 1 aromatic carbocycles. The van der Waals surface area contributed by atoms with Crippen molar-refractivity contribution in [2.45, 2.75) is 33.6 Å². The molecule has 1 amide bonds. The number of benzene rings is 1. The van der Waals surface area contributed by atoms with Gasteiger partial charge in [-0.1, -0.05) is 13.8 Å². The van der Waals surface area contributed by atoms with Gasteiger partial charge in [-0.05, 0) is 49.8 Å². The summed E-state index contributed by atoms with van der Waals surface area (Å²) in [6.45, 7) is 8.58. The predicted molar refractivity (Wildman–Crippen MR) is 135 cm³/mol. The first-order valence-electron chi connectivity index (χ1n) is 12.2. The molecule has 0 radical (unpaired) electrons. The molecule has 0 spiro atoms. The van der Waals surface area contributed by atoms with Crippen LogP contribution in [-0.2, 0) is 9.57 Å². The fourth-order valence-electron chi connectivity index (χ4n) is 3.81. The van der Waals surface area contributed by atoms with E-state index < -0.39 is 12.0 Å². The molecule has 0 atom stereocenters. The Bertz CT molecular complexity index is 1030. The van der Waals surface area contributed by atoms with Crippen LogP contribution in [0.2, 0.25) is 0 Å². The first-order valence-corrected chi connectivity index (χ1v) is 12.2. The largest absolute Gasteiger partial charge is 0.527 e. The molecule has 1 aliphatic heterocycles. The van der Waals surface area contributed by atoms with Crippen molar-refractivity contribution in [3.63, 3.8) is 0 Å². The Balaban J connectivity index is 1.51. The van der Waals surface area contributed by atoms with Gasteiger partial charge >= 0.3 is 6.16 Å². The van der Waals surface area contributed by atoms with Crippen molar-refractivity contribution < 1.29 is 23.6 Å². The monoisotopic (exact) mass is 502 g/mol. The summed E-state index contributed by atoms with van der Waals surface area (Å²) >= 11 is 0. The number of halogens is 1. The van der Waals surface area contributed by atoms with Crippen molar-refractivity contribution in [2.75, 3.05) is 50.1 Å². The van der Waals surface area contributed by atoms with Gasteiger partial charge in [0.25, 0.3) is 5.91 Å². The number of hydrogen-bond acceptors (Lipinski definition) is 9. The molecule has 0 bridgehead atoms. The van der Waals surface area contributed by atoms with Crippen molar-refractivity contribution in [3.8, 4) is 0 Å². The molecule has 0 aliphatic carbocycles. The van der Waals surface area contributed by atoms with Crippen LogP contribution in [0.15, 0.2) is 30.6 Å². The van der Waals surface area contributed by atoms with Gasteiger partial charge in [-0.25, -0.2) is 19.2 Å². The van der Waals surface area contributed by atoms with E-state index in [-0.39, 0.29) is 23.1 Å². The second-order valence-corrected chi connectivity index (χ2v) is 9.24. The topological polar surface area (TPSA) is 109 Å². The van der Waals surface area contributed by atoms with Gasteiger partial charge in [-0.2, -0.15) is 0 Å². The first-order chi connectivity index (χ1) is 17.2. The average molecular weight is 503 g/mol. The lowest BCUT2D eigenvalue weighted by atomic mass is 9.97. The fourth-order valence-corrected chi connectivity index (χ4v) is 3.81. The van der Waals surface area contributed by atoms with Crippen molar-refractivity contribution in [1.82, 2.24) is 20.3 Å². The number of anilines is 3. The van der Waals surface area contributed by atoms with E-state index in [9.17, 15) is 14.0 Å². The summed E-state index contributed by atoms with van der Waals surface area (Å²) in [5.74, 6) is 0.927. The SMILES string of the molecule is CCNC(=O)c1ccc(Nc2cc(N(C)CC3CCN(OC(=O)OCC(C)C)CC3)ncn2)c(F)c1. The number of nitrogens with one attached hydrogen (secondary N) is 2. The van der Waals surface area contributed by atoms with Gasteiger partial charge in [-0.15, -0.1) is 5.06 Å². The van der Waals surface area contributed by atoms with E-state index >= 15 is 0 Å². The molecule has 1 aliphatic rings. The van der Waals surface area contributed by atoms with Gasteiger partial charge < -0.3 is 25.1 Å². The van der Waals surface area contributed by atoms with Gasteiger partial charge in [0.15, 0.2) is 0 Å². The normalized spacial score (nSPS) is 14.4. The summed E-state index contributed by atoms with van der Waals surface area (Å²) in [6, 6.07) is 6.02. The van der Waals surface area contributed by atoms with Crippen LogP contribution in [0.5, 0.6) is 0 Å². The molecule has 36 heavy (non-hydrogen) atoms. The lowest BCUT2D eigenvalue weighted by Gasteiger charge is -2.32. The Hall–Kier alpha value is -3.47. The zero-order valence-electron chi connectivity index (χ0n) is 21.3. The summed E-state index contributed by atoms with van der Waals surface area (Å²) in [5.41, 5.74) is 0.474. The standard InChI is InChI=1S/C25H35FN6O4/c1-5-27-24(33)19-6-7-21(20(26)12-19)30-22-13-23(29-16-28-22)31(4)14-18-8-10-32(11-9-18)36-25(34)35-15-17(2)3/h6-7,12-13,16-18H,5,8-11,14-15H2,1-4H3,(H,27,33)(H,28,29,30). The quantitative estimate of drug-likeness (QED) is 0.466. The molecule has 196 valence electrons. The van der Waals surface area contributed by atoms with Crippen molar-refractivity contribution >= 4 is 29.4 Å². The van der Waals surface area contributed by atoms with E-state index in [1.54, 1.807) is 24.1 Å². The second-order valence-electron chi connectivity index (χ2n) is 9.24. The highest BCUT2D eigenvalue weighted by molar-refractivity contribution is 5.94. The van der Waals surface area contributed by atoms with Gasteiger partial charge in [-0.3, -0.25) is 4.79 Å². The van der Waals surface area contributed by atoms with E-state index in [4.69, 9.17) is 9.57 Å². The highest BCUT2D eigenvalue weighted by Crippen LogP contribution is 2.24. The molecule has 10 nitrogen and oxygen atoms in total. The zero-order valence-corrected chi connectivity index (χ0v) is 21.3. The number of nitrogens with zero attached hydrogens (tertiary/aromatic N) is 4. The lowest BCUT2D eigenvalue weighted by Crippen LogP contribution is -2.39. The Kier molecular flexibility index (Phi) is 9.80. The van der Waals surface area contributed by atoms with Gasteiger partial charge in [0.2, 0.25) is 0 Å². The Labute approximate surface area is 211 Å². The first kappa shape index (κ1) is 27.1. The summed E-state index contributed by atoms with van der Waals surface area (Å²) in [4.78, 5) is 39.5. The van der Waals surface area contributed by atoms with E-state index in [0.29, 0.717) is 43.8 Å². The number of piperidine rings is 1. The third kappa shape index (κ3) is 8.04. The summed E-state index contributed by atoms with van der Waals surface area (Å²) in [5, 5.41) is 7.26. The summed E-state index contributed by atoms with van der Waals surface area (Å²) < 4.78 is 19.6. The van der Waals surface area contributed by atoms with Gasteiger partial charge in [0.1, 0.15) is 23.8 Å². The molecule has 11 heteroatoms. The van der Waals surface area contributed by atoms with Crippen molar-refractivity contribution in [3.05, 3.63) is 42.0 Å². The molecule has 2 heterocycles. The maximum atomic E-state index is 14.6. The number of rotatable bonds is 10. The Morgan fingerprint density at radius 1 is 1.22 bits per heavy atom. The van der Waals surface area contributed by atoms with Crippen molar-refractivity contribution in [2.24, 2.45) is 11.8 Å². The molecule has 0 unspecified atom stereocenters. The Morgan fingerprint density at radius 3 is 2.64 bits per heavy atom. The van der Waals surface area contributed by atoms with E-state index in [0.717, 1.165) is 19.4 Å². The van der Waals surface area contributed by atoms with E-state index in [1.807, 2.05) is 25.8 Å². The number of hydrogen-bond donors (Lipinski definition) is 2. The molecule has 0 saturated carbocycles. The highest BCUT2D eigenvalue weighted by atomic mass is 19.1. The maximum Gasteiger partial charge on any atom is 0.527 e. The van der Waals surface area contributed by atoms with E-state index in [1.165, 1.54) is 18.5 Å². The van der Waals surface area contributed by atoms with Crippen LogP contribution in [-0.4, -0.2) is 66.9 Å². The number of amides is 1. The Morgan fingerprint density at radius 2 is 1.97 bits per heavy atom. The summed E-state index contributed by atoms with van der Waals surface area (Å²) in [7, 11) is 1.94. The number of aromatic nitrogens is 2. The minimum Gasteiger partial charge on any atom is -0.433 e. The number of hydroxylamine groups is 2. The van der Waals surface area contributed by atoms with Crippen LogP contribution in [0, 0.1) is 17.7 Å². The van der Waals surface area contributed by atoms with Crippen LogP contribution in [0.25, 0.3) is 0 Å². The molecule has 1 saturated heterocycles. The maximum absolute atomic E-state index is 14.6. The molecular weight excluding hydrogens is 467 g/mol. The molecular formula is C25H35FN6O4. The number of ether oxygens (including phenoxy) is 1. The van der Waals surface area contributed by atoms with E-state index in [2.05, 4.69) is 20.6 Å². The molecule has 2 N–H and O–H groups in total. The van der Waals surface area contributed by atoms with Crippen LogP contribution < -0.4 is 15.5 Å². The predicted octanol–water partition coefficient (Wildman–Crippen LogP) is 3.98. The molecule has 3 rings (SSSR count). The fraction of sp³-hybridized carbons (Fsp3) is 0.520. The van der Waals surface area contributed by atoms with Crippen LogP contribution in [0.1, 0.15) is 44.0 Å². The van der Waals surface area contributed by atoms with Crippen LogP contribution >= 0.6 is 0 Å². The third-order valence-corrected chi connectivity index (χ3v) is 5.72. The number of carbonyl (C=O) groups excluding carboxylic acids is 2. The van der Waals surface area contributed by atoms with Gasteiger partial charge in [0.05, 0.1) is 12.3 Å². The lowest BCUT2D eigenvalue weighted by molar-refractivity contribution is -0.143. The minimum atomic E-state index is -0.657. The minimum absolute atomic E-state index is 0.217. The van der Waals surface area contributed by atoms with Gasteiger partial charge in [0, 0.05) is 44.9 Å². The molecule has 1 fully saturated rings. The average Bonchev–Trinajstić information content (AvgIpc) is 2.85. The second kappa shape index (κ2) is 13.0. The molecule has 1 aromatic heterocycles. The van der Waals surface area contributed by atoms with Crippen LogP contribution in [0.3, 0.4) is 0 Å². The smallest absolute Gasteiger partial charge is 0.433 e. The third-order valence-electron chi connectivity index (χ3n) is 5.72. The van der Waals surface area contributed by atoms with Crippen molar-refractivity contribution in [1.29, 1.82) is 0 Å². The molecule has 2 aromatic rings. The number of carbonyl (C=O) groups is 2.